The fourth-order valence-corrected chi connectivity index (χ4v) is 1.53. The van der Waals surface area contributed by atoms with Gasteiger partial charge in [0.2, 0.25) is 0 Å². The summed E-state index contributed by atoms with van der Waals surface area (Å²) in [6, 6.07) is 6.29. The van der Waals surface area contributed by atoms with Crippen molar-refractivity contribution in [2.45, 2.75) is 40.0 Å². The van der Waals surface area contributed by atoms with Gasteiger partial charge in [-0.3, -0.25) is 4.79 Å². The van der Waals surface area contributed by atoms with Crippen molar-refractivity contribution in [2.75, 3.05) is 0 Å². The normalized spacial score (nSPS) is 10.2. The van der Waals surface area contributed by atoms with Crippen molar-refractivity contribution in [3.63, 3.8) is 0 Å². The van der Waals surface area contributed by atoms with E-state index in [1.165, 1.54) is 16.7 Å². The number of benzene rings is 1. The molecule has 1 heteroatoms. The minimum atomic E-state index is 0.353. The monoisotopic (exact) mass is 190 g/mol. The number of carbonyl (C=O) groups is 1. The Morgan fingerprint density at radius 1 is 1.29 bits per heavy atom. The quantitative estimate of drug-likeness (QED) is 0.712. The Kier molecular flexibility index (Phi) is 3.87. The molecule has 0 atom stereocenters. The van der Waals surface area contributed by atoms with Crippen LogP contribution in [0.1, 0.15) is 36.5 Å². The van der Waals surface area contributed by atoms with Gasteiger partial charge in [0.25, 0.3) is 0 Å². The van der Waals surface area contributed by atoms with E-state index in [9.17, 15) is 4.79 Å². The van der Waals surface area contributed by atoms with E-state index >= 15 is 0 Å². The predicted molar refractivity (Wildman–Crippen MR) is 59.5 cm³/mol. The molecule has 0 spiro atoms. The van der Waals surface area contributed by atoms with E-state index in [0.29, 0.717) is 18.6 Å². The van der Waals surface area contributed by atoms with Crippen molar-refractivity contribution in [1.82, 2.24) is 0 Å². The maximum absolute atomic E-state index is 11.2. The van der Waals surface area contributed by atoms with Gasteiger partial charge in [-0.15, -0.1) is 0 Å². The first kappa shape index (κ1) is 11.0. The van der Waals surface area contributed by atoms with Gasteiger partial charge in [0, 0.05) is 12.8 Å². The Hall–Kier alpha value is -1.11. The van der Waals surface area contributed by atoms with Crippen LogP contribution in [0.15, 0.2) is 18.2 Å². The summed E-state index contributed by atoms with van der Waals surface area (Å²) in [4.78, 5) is 11.2. The molecular weight excluding hydrogens is 172 g/mol. The molecule has 0 aliphatic rings. The van der Waals surface area contributed by atoms with E-state index in [-0.39, 0.29) is 0 Å². The van der Waals surface area contributed by atoms with Crippen LogP contribution in [-0.2, 0) is 11.2 Å². The van der Waals surface area contributed by atoms with E-state index in [1.54, 1.807) is 0 Å². The zero-order valence-corrected chi connectivity index (χ0v) is 9.26. The highest BCUT2D eigenvalue weighted by atomic mass is 16.1. The molecule has 0 bridgehead atoms. The summed E-state index contributed by atoms with van der Waals surface area (Å²) >= 11 is 0. The van der Waals surface area contributed by atoms with Gasteiger partial charge in [-0.05, 0) is 37.0 Å². The van der Waals surface area contributed by atoms with Crippen LogP contribution in [0.2, 0.25) is 0 Å². The second-order valence-electron chi connectivity index (χ2n) is 3.75. The Balaban J connectivity index is 2.68. The number of hydrogen-bond acceptors (Lipinski definition) is 1. The van der Waals surface area contributed by atoms with Crippen LogP contribution in [-0.4, -0.2) is 5.78 Å². The van der Waals surface area contributed by atoms with E-state index in [4.69, 9.17) is 0 Å². The number of aryl methyl sites for hydroxylation is 2. The van der Waals surface area contributed by atoms with Crippen LogP contribution in [0.3, 0.4) is 0 Å². The average molecular weight is 190 g/mol. The third-order valence-corrected chi connectivity index (χ3v) is 2.78. The number of hydrogen-bond donors (Lipinski definition) is 0. The molecule has 1 aromatic carbocycles. The fourth-order valence-electron chi connectivity index (χ4n) is 1.53. The lowest BCUT2D eigenvalue weighted by atomic mass is 9.98. The SMILES string of the molecule is CCC(=O)CCc1cccc(C)c1C. The van der Waals surface area contributed by atoms with Crippen LogP contribution < -0.4 is 0 Å². The van der Waals surface area contributed by atoms with Crippen molar-refractivity contribution in [1.29, 1.82) is 0 Å². The molecule has 1 nitrogen and oxygen atoms in total. The molecule has 0 aliphatic carbocycles. The van der Waals surface area contributed by atoms with Crippen molar-refractivity contribution in [2.24, 2.45) is 0 Å². The molecule has 0 unspecified atom stereocenters. The van der Waals surface area contributed by atoms with Crippen LogP contribution in [0, 0.1) is 13.8 Å². The molecule has 76 valence electrons. The van der Waals surface area contributed by atoms with Gasteiger partial charge in [0.1, 0.15) is 5.78 Å². The molecule has 0 saturated carbocycles. The van der Waals surface area contributed by atoms with Crippen LogP contribution >= 0.6 is 0 Å². The summed E-state index contributed by atoms with van der Waals surface area (Å²) in [5, 5.41) is 0. The summed E-state index contributed by atoms with van der Waals surface area (Å²) < 4.78 is 0. The molecule has 14 heavy (non-hydrogen) atoms. The van der Waals surface area contributed by atoms with Gasteiger partial charge in [-0.2, -0.15) is 0 Å². The third-order valence-electron chi connectivity index (χ3n) is 2.78. The van der Waals surface area contributed by atoms with Crippen molar-refractivity contribution in [3.05, 3.63) is 34.9 Å². The Bertz CT molecular complexity index is 326. The minimum Gasteiger partial charge on any atom is -0.300 e. The lowest BCUT2D eigenvalue weighted by molar-refractivity contribution is -0.118. The lowest BCUT2D eigenvalue weighted by Gasteiger charge is -2.07. The Morgan fingerprint density at radius 2 is 2.00 bits per heavy atom. The fraction of sp³-hybridized carbons (Fsp3) is 0.462. The third kappa shape index (κ3) is 2.69. The van der Waals surface area contributed by atoms with Crippen LogP contribution in [0.25, 0.3) is 0 Å². The van der Waals surface area contributed by atoms with E-state index in [1.807, 2.05) is 6.92 Å². The highest BCUT2D eigenvalue weighted by Gasteiger charge is 2.03. The van der Waals surface area contributed by atoms with Crippen molar-refractivity contribution in [3.8, 4) is 0 Å². The topological polar surface area (TPSA) is 17.1 Å². The molecule has 1 aromatic rings. The van der Waals surface area contributed by atoms with E-state index in [0.717, 1.165) is 6.42 Å². The largest absolute Gasteiger partial charge is 0.300 e. The van der Waals surface area contributed by atoms with Gasteiger partial charge >= 0.3 is 0 Å². The number of carbonyl (C=O) groups excluding carboxylic acids is 1. The smallest absolute Gasteiger partial charge is 0.132 e. The predicted octanol–water partition coefficient (Wildman–Crippen LogP) is 3.22. The van der Waals surface area contributed by atoms with Gasteiger partial charge in [0.05, 0.1) is 0 Å². The highest BCUT2D eigenvalue weighted by molar-refractivity contribution is 5.78. The molecule has 1 rings (SSSR count). The summed E-state index contributed by atoms with van der Waals surface area (Å²) in [5.41, 5.74) is 3.95. The molecule has 0 aromatic heterocycles. The second kappa shape index (κ2) is 4.94. The van der Waals surface area contributed by atoms with Crippen LogP contribution in [0.4, 0.5) is 0 Å². The zero-order valence-electron chi connectivity index (χ0n) is 9.26. The van der Waals surface area contributed by atoms with Crippen molar-refractivity contribution < 1.29 is 4.79 Å². The van der Waals surface area contributed by atoms with E-state index < -0.39 is 0 Å². The first-order valence-electron chi connectivity index (χ1n) is 5.22. The summed E-state index contributed by atoms with van der Waals surface area (Å²) in [6.45, 7) is 6.16. The van der Waals surface area contributed by atoms with Gasteiger partial charge in [-0.25, -0.2) is 0 Å². The average Bonchev–Trinajstić information content (AvgIpc) is 2.20. The molecule has 0 amide bonds. The Morgan fingerprint density at radius 3 is 2.64 bits per heavy atom. The molecule has 0 aliphatic heterocycles. The maximum atomic E-state index is 11.2. The first-order chi connectivity index (χ1) is 6.65. The molecular formula is C13H18O. The molecule has 0 radical (unpaired) electrons. The number of ketones is 1. The van der Waals surface area contributed by atoms with Crippen LogP contribution in [0.5, 0.6) is 0 Å². The minimum absolute atomic E-state index is 0.353. The Labute approximate surface area is 86.1 Å². The molecule has 0 heterocycles. The van der Waals surface area contributed by atoms with Gasteiger partial charge in [0.15, 0.2) is 0 Å². The molecule has 0 fully saturated rings. The van der Waals surface area contributed by atoms with Crippen molar-refractivity contribution >= 4 is 5.78 Å². The maximum Gasteiger partial charge on any atom is 0.132 e. The second-order valence-corrected chi connectivity index (χ2v) is 3.75. The lowest BCUT2D eigenvalue weighted by Crippen LogP contribution is -1.99. The zero-order chi connectivity index (χ0) is 10.6. The number of rotatable bonds is 4. The summed E-state index contributed by atoms with van der Waals surface area (Å²) in [7, 11) is 0. The molecule has 0 N–H and O–H groups in total. The van der Waals surface area contributed by atoms with Gasteiger partial charge in [-0.1, -0.05) is 25.1 Å². The van der Waals surface area contributed by atoms with Gasteiger partial charge < -0.3 is 0 Å². The van der Waals surface area contributed by atoms with E-state index in [2.05, 4.69) is 32.0 Å². The summed E-state index contributed by atoms with van der Waals surface area (Å²) in [5.74, 6) is 0.353. The standard InChI is InChI=1S/C13H18O/c1-4-13(14)9-8-12-7-5-6-10(2)11(12)3/h5-7H,4,8-9H2,1-3H3. The number of Topliss-reactive ketones (excluding diaryl/α,β-unsaturated/α-hetero) is 1. The summed E-state index contributed by atoms with van der Waals surface area (Å²) in [6.07, 6.45) is 2.23. The highest BCUT2D eigenvalue weighted by Crippen LogP contribution is 2.14. The molecule has 0 saturated heterocycles. The first-order valence-corrected chi connectivity index (χ1v) is 5.22.